The highest BCUT2D eigenvalue weighted by molar-refractivity contribution is 7.20. The maximum absolute atomic E-state index is 12.2. The fourth-order valence-electron chi connectivity index (χ4n) is 2.89. The molecule has 0 saturated carbocycles. The highest BCUT2D eigenvalue weighted by Crippen LogP contribution is 2.33. The van der Waals surface area contributed by atoms with Crippen molar-refractivity contribution < 1.29 is 9.53 Å². The largest absolute Gasteiger partial charge is 0.462 e. The van der Waals surface area contributed by atoms with Gasteiger partial charge in [-0.1, -0.05) is 12.1 Å². The number of carbonyl (C=O) groups excluding carboxylic acids is 1. The van der Waals surface area contributed by atoms with Crippen molar-refractivity contribution >= 4 is 33.3 Å². The average Bonchev–Trinajstić information content (AvgIpc) is 3.36. The zero-order chi connectivity index (χ0) is 19.5. The van der Waals surface area contributed by atoms with E-state index in [9.17, 15) is 4.79 Å². The molecule has 3 aromatic heterocycles. The number of aromatic nitrogens is 5. The van der Waals surface area contributed by atoms with Gasteiger partial charge in [-0.2, -0.15) is 5.10 Å². The van der Waals surface area contributed by atoms with Gasteiger partial charge in [0.25, 0.3) is 0 Å². The molecular formula is C19H18N6O2S. The molecule has 8 nitrogen and oxygen atoms in total. The minimum absolute atomic E-state index is 0.322. The van der Waals surface area contributed by atoms with Crippen molar-refractivity contribution in [3.8, 4) is 5.69 Å². The van der Waals surface area contributed by atoms with Crippen LogP contribution >= 0.6 is 11.3 Å². The SMILES string of the molecule is CCOC(=O)c1sc2ncnc(NCc3ccc(-n4cncn4)cc3)c2c1C. The molecule has 0 fully saturated rings. The van der Waals surface area contributed by atoms with Crippen LogP contribution in [0, 0.1) is 6.92 Å². The van der Waals surface area contributed by atoms with Crippen LogP contribution in [-0.4, -0.2) is 37.3 Å². The first-order valence-corrected chi connectivity index (χ1v) is 9.58. The zero-order valence-corrected chi connectivity index (χ0v) is 16.2. The maximum Gasteiger partial charge on any atom is 0.348 e. The summed E-state index contributed by atoms with van der Waals surface area (Å²) in [6, 6.07) is 8.01. The number of thiophene rings is 1. The van der Waals surface area contributed by atoms with Gasteiger partial charge in [0.2, 0.25) is 0 Å². The Morgan fingerprint density at radius 3 is 2.75 bits per heavy atom. The van der Waals surface area contributed by atoms with Crippen LogP contribution in [0.1, 0.15) is 27.7 Å². The van der Waals surface area contributed by atoms with E-state index in [4.69, 9.17) is 4.74 Å². The fourth-order valence-corrected chi connectivity index (χ4v) is 3.93. The van der Waals surface area contributed by atoms with Gasteiger partial charge in [-0.25, -0.2) is 24.4 Å². The van der Waals surface area contributed by atoms with Gasteiger partial charge in [-0.3, -0.25) is 0 Å². The summed E-state index contributed by atoms with van der Waals surface area (Å²) in [5.41, 5.74) is 2.87. The molecule has 0 saturated heterocycles. The number of rotatable bonds is 6. The molecule has 0 bridgehead atoms. The van der Waals surface area contributed by atoms with Crippen LogP contribution in [0.4, 0.5) is 5.82 Å². The Kier molecular flexibility index (Phi) is 4.98. The predicted molar refractivity (Wildman–Crippen MR) is 107 cm³/mol. The third-order valence-corrected chi connectivity index (χ3v) is 5.45. The first-order chi connectivity index (χ1) is 13.7. The van der Waals surface area contributed by atoms with E-state index in [-0.39, 0.29) is 5.97 Å². The first-order valence-electron chi connectivity index (χ1n) is 8.76. The highest BCUT2D eigenvalue weighted by atomic mass is 32.1. The smallest absolute Gasteiger partial charge is 0.348 e. The van der Waals surface area contributed by atoms with Gasteiger partial charge in [-0.05, 0) is 37.1 Å². The lowest BCUT2D eigenvalue weighted by molar-refractivity contribution is 0.0531. The normalized spacial score (nSPS) is 10.9. The van der Waals surface area contributed by atoms with E-state index >= 15 is 0 Å². The van der Waals surface area contributed by atoms with Gasteiger partial charge in [0, 0.05) is 6.54 Å². The number of fused-ring (bicyclic) bond motifs is 1. The number of hydrogen-bond acceptors (Lipinski definition) is 8. The van der Waals surface area contributed by atoms with Crippen molar-refractivity contribution in [2.45, 2.75) is 20.4 Å². The van der Waals surface area contributed by atoms with Gasteiger partial charge < -0.3 is 10.1 Å². The van der Waals surface area contributed by atoms with E-state index < -0.39 is 0 Å². The lowest BCUT2D eigenvalue weighted by Gasteiger charge is -2.08. The highest BCUT2D eigenvalue weighted by Gasteiger charge is 2.20. The summed E-state index contributed by atoms with van der Waals surface area (Å²) in [6.45, 7) is 4.62. The Morgan fingerprint density at radius 2 is 2.04 bits per heavy atom. The third-order valence-electron chi connectivity index (χ3n) is 4.27. The molecule has 0 aliphatic heterocycles. The third kappa shape index (κ3) is 3.44. The van der Waals surface area contributed by atoms with Gasteiger partial charge in [0.15, 0.2) is 0 Å². The monoisotopic (exact) mass is 394 g/mol. The van der Waals surface area contributed by atoms with Gasteiger partial charge >= 0.3 is 5.97 Å². The fraction of sp³-hybridized carbons (Fsp3) is 0.211. The molecule has 3 heterocycles. The van der Waals surface area contributed by atoms with E-state index in [1.54, 1.807) is 17.9 Å². The van der Waals surface area contributed by atoms with E-state index in [0.717, 1.165) is 27.0 Å². The Labute approximate surface area is 165 Å². The van der Waals surface area contributed by atoms with Gasteiger partial charge in [0.1, 0.15) is 34.5 Å². The molecule has 0 spiro atoms. The Balaban J connectivity index is 1.55. The predicted octanol–water partition coefficient (Wildman–Crippen LogP) is 3.37. The van der Waals surface area contributed by atoms with Crippen LogP contribution in [0.15, 0.2) is 43.2 Å². The van der Waals surface area contributed by atoms with Crippen LogP contribution in [0.3, 0.4) is 0 Å². The first kappa shape index (κ1) is 18.1. The summed E-state index contributed by atoms with van der Waals surface area (Å²) < 4.78 is 6.85. The lowest BCUT2D eigenvalue weighted by atomic mass is 10.2. The number of nitrogens with zero attached hydrogens (tertiary/aromatic N) is 5. The number of benzene rings is 1. The van der Waals surface area contributed by atoms with Crippen molar-refractivity contribution in [2.24, 2.45) is 0 Å². The molecule has 28 heavy (non-hydrogen) atoms. The summed E-state index contributed by atoms with van der Waals surface area (Å²) >= 11 is 1.33. The molecule has 4 aromatic rings. The number of aryl methyl sites for hydroxylation is 1. The molecule has 9 heteroatoms. The molecule has 1 N–H and O–H groups in total. The number of carbonyl (C=O) groups is 1. The topological polar surface area (TPSA) is 94.8 Å². The quantitative estimate of drug-likeness (QED) is 0.501. The standard InChI is InChI=1S/C19H18N6O2S/c1-3-27-19(26)16-12(2)15-17(22-10-23-18(15)28-16)21-8-13-4-6-14(7-5-13)25-11-20-9-24-25/h4-7,9-11H,3,8H2,1-2H3,(H,21,22,23). The summed E-state index contributed by atoms with van der Waals surface area (Å²) in [4.78, 5) is 26.1. The van der Waals surface area contributed by atoms with Crippen LogP contribution in [0.25, 0.3) is 15.9 Å². The van der Waals surface area contributed by atoms with E-state index in [0.29, 0.717) is 23.8 Å². The van der Waals surface area contributed by atoms with Crippen molar-refractivity contribution in [3.63, 3.8) is 0 Å². The van der Waals surface area contributed by atoms with Crippen LogP contribution in [-0.2, 0) is 11.3 Å². The molecule has 0 aliphatic carbocycles. The summed E-state index contributed by atoms with van der Waals surface area (Å²) in [6.07, 6.45) is 4.66. The van der Waals surface area contributed by atoms with Crippen molar-refractivity contribution in [3.05, 3.63) is 59.3 Å². The van der Waals surface area contributed by atoms with Crippen molar-refractivity contribution in [1.29, 1.82) is 0 Å². The second-order valence-electron chi connectivity index (χ2n) is 6.04. The molecule has 142 valence electrons. The molecular weight excluding hydrogens is 376 g/mol. The van der Waals surface area contributed by atoms with Gasteiger partial charge in [-0.15, -0.1) is 11.3 Å². The summed E-state index contributed by atoms with van der Waals surface area (Å²) in [5, 5.41) is 8.33. The van der Waals surface area contributed by atoms with Crippen molar-refractivity contribution in [1.82, 2.24) is 24.7 Å². The van der Waals surface area contributed by atoms with Gasteiger partial charge in [0.05, 0.1) is 17.7 Å². The van der Waals surface area contributed by atoms with E-state index in [1.807, 2.05) is 31.2 Å². The Bertz CT molecular complexity index is 1110. The van der Waals surface area contributed by atoms with Crippen LogP contribution in [0.2, 0.25) is 0 Å². The molecule has 4 rings (SSSR count). The number of esters is 1. The minimum Gasteiger partial charge on any atom is -0.462 e. The van der Waals surface area contributed by atoms with Crippen LogP contribution in [0.5, 0.6) is 0 Å². The lowest BCUT2D eigenvalue weighted by Crippen LogP contribution is -2.05. The minimum atomic E-state index is -0.322. The summed E-state index contributed by atoms with van der Waals surface area (Å²) in [7, 11) is 0. The number of hydrogen-bond donors (Lipinski definition) is 1. The molecule has 0 radical (unpaired) electrons. The van der Waals surface area contributed by atoms with Crippen LogP contribution < -0.4 is 5.32 Å². The number of nitrogens with one attached hydrogen (secondary N) is 1. The number of anilines is 1. The van der Waals surface area contributed by atoms with Crippen molar-refractivity contribution in [2.75, 3.05) is 11.9 Å². The summed E-state index contributed by atoms with van der Waals surface area (Å²) in [5.74, 6) is 0.382. The van der Waals surface area contributed by atoms with E-state index in [2.05, 4.69) is 25.4 Å². The molecule has 0 unspecified atom stereocenters. The van der Waals surface area contributed by atoms with E-state index in [1.165, 1.54) is 24.0 Å². The second-order valence-corrected chi connectivity index (χ2v) is 7.04. The molecule has 1 aromatic carbocycles. The Morgan fingerprint density at radius 1 is 1.21 bits per heavy atom. The number of ether oxygens (including phenoxy) is 1. The maximum atomic E-state index is 12.2. The molecule has 0 amide bonds. The Hall–Kier alpha value is -3.33. The molecule has 0 atom stereocenters. The average molecular weight is 394 g/mol. The zero-order valence-electron chi connectivity index (χ0n) is 15.4. The molecule has 0 aliphatic rings. The second kappa shape index (κ2) is 7.73.